The van der Waals surface area contributed by atoms with Crippen LogP contribution in [0, 0.1) is 0 Å². The number of hydrogen-bond acceptors (Lipinski definition) is 5. The third-order valence-corrected chi connectivity index (χ3v) is 6.62. The Labute approximate surface area is 151 Å². The lowest BCUT2D eigenvalue weighted by Crippen LogP contribution is -2.23. The molecule has 0 saturated carbocycles. The Morgan fingerprint density at radius 2 is 1.96 bits per heavy atom. The fourth-order valence-electron chi connectivity index (χ4n) is 2.51. The number of hydrogen-bond donors (Lipinski definition) is 0. The zero-order valence-corrected chi connectivity index (χ0v) is 16.5. The van der Waals surface area contributed by atoms with E-state index >= 15 is 0 Å². The molecule has 1 atom stereocenters. The Hall–Kier alpha value is -1.30. The highest BCUT2D eigenvalue weighted by molar-refractivity contribution is 7.16. The highest BCUT2D eigenvalue weighted by atomic mass is 32.1. The normalized spacial score (nSPS) is 13.8. The number of nitrogens with zero attached hydrogens (tertiary/aromatic N) is 2. The Bertz CT molecular complexity index is 820. The number of benzene rings is 1. The van der Waals surface area contributed by atoms with Crippen LogP contribution in [0.4, 0.5) is 0 Å². The van der Waals surface area contributed by atoms with Crippen LogP contribution in [0.3, 0.4) is 0 Å². The number of rotatable bonds is 6. The van der Waals surface area contributed by atoms with Gasteiger partial charge >= 0.3 is 0 Å². The highest BCUT2D eigenvalue weighted by Gasteiger charge is 2.25. The van der Waals surface area contributed by atoms with Gasteiger partial charge in [0.2, 0.25) is 0 Å². The third-order valence-electron chi connectivity index (χ3n) is 4.23. The fraction of sp³-hybridized carbons (Fsp3) is 0.474. The summed E-state index contributed by atoms with van der Waals surface area (Å²) < 4.78 is 7.52. The Morgan fingerprint density at radius 1 is 1.17 bits per heavy atom. The van der Waals surface area contributed by atoms with Crippen molar-refractivity contribution in [3.05, 3.63) is 45.4 Å². The van der Waals surface area contributed by atoms with Gasteiger partial charge in [-0.1, -0.05) is 26.8 Å². The van der Waals surface area contributed by atoms with Crippen LogP contribution in [-0.2, 0) is 10.3 Å². The summed E-state index contributed by atoms with van der Waals surface area (Å²) in [7, 11) is 0. The summed E-state index contributed by atoms with van der Waals surface area (Å²) in [5, 5.41) is 1.17. The average molecular weight is 361 g/mol. The molecule has 0 aliphatic carbocycles. The van der Waals surface area contributed by atoms with Gasteiger partial charge in [0.1, 0.15) is 0 Å². The molecule has 24 heavy (non-hydrogen) atoms. The minimum Gasteiger partial charge on any atom is -0.369 e. The Morgan fingerprint density at radius 3 is 2.67 bits per heavy atom. The molecule has 2 heterocycles. The fourth-order valence-corrected chi connectivity index (χ4v) is 4.21. The molecular weight excluding hydrogens is 336 g/mol. The van der Waals surface area contributed by atoms with Crippen molar-refractivity contribution in [3.63, 3.8) is 0 Å². The quantitative estimate of drug-likeness (QED) is 0.546. The van der Waals surface area contributed by atoms with Gasteiger partial charge < -0.3 is 4.74 Å². The smallest absolute Gasteiger partial charge is 0.0983 e. The predicted molar refractivity (Wildman–Crippen MR) is 103 cm³/mol. The summed E-state index contributed by atoms with van der Waals surface area (Å²) in [6.45, 7) is 11.5. The second-order valence-electron chi connectivity index (χ2n) is 7.02. The third kappa shape index (κ3) is 3.68. The zero-order valence-electron chi connectivity index (χ0n) is 14.9. The second-order valence-corrected chi connectivity index (χ2v) is 8.97. The van der Waals surface area contributed by atoms with Crippen molar-refractivity contribution >= 4 is 32.9 Å². The lowest BCUT2D eigenvalue weighted by molar-refractivity contribution is -0.0248. The van der Waals surface area contributed by atoms with E-state index in [1.807, 2.05) is 11.7 Å². The molecule has 0 bridgehead atoms. The number of ether oxygens (including phenoxy) is 1. The molecule has 0 fully saturated rings. The van der Waals surface area contributed by atoms with Gasteiger partial charge in [-0.3, -0.25) is 0 Å². The van der Waals surface area contributed by atoms with E-state index in [2.05, 4.69) is 62.8 Å². The lowest BCUT2D eigenvalue weighted by atomic mass is 10.0. The maximum absolute atomic E-state index is 6.28. The monoisotopic (exact) mass is 360 g/mol. The van der Waals surface area contributed by atoms with Gasteiger partial charge in [0, 0.05) is 18.0 Å². The number of fused-ring (bicyclic) bond motifs is 1. The van der Waals surface area contributed by atoms with Gasteiger partial charge in [0.15, 0.2) is 0 Å². The van der Waals surface area contributed by atoms with Crippen LogP contribution in [0.5, 0.6) is 0 Å². The molecule has 0 N–H and O–H groups in total. The van der Waals surface area contributed by atoms with Gasteiger partial charge in [0.05, 0.1) is 37.8 Å². The van der Waals surface area contributed by atoms with E-state index in [0.717, 1.165) is 5.52 Å². The van der Waals surface area contributed by atoms with Gasteiger partial charge in [-0.2, -0.15) is 0 Å². The zero-order chi connectivity index (χ0) is 17.3. The van der Waals surface area contributed by atoms with E-state index < -0.39 is 0 Å². The Kier molecular flexibility index (Phi) is 5.04. The van der Waals surface area contributed by atoms with Crippen LogP contribution in [0.25, 0.3) is 10.2 Å². The summed E-state index contributed by atoms with van der Waals surface area (Å²) in [4.78, 5) is 10.1. The van der Waals surface area contributed by atoms with Crippen LogP contribution < -0.4 is 0 Å². The molecular formula is C19H24N2OS2. The number of thiazole rings is 2. The molecule has 0 aliphatic rings. The van der Waals surface area contributed by atoms with E-state index in [0.29, 0.717) is 18.4 Å². The van der Waals surface area contributed by atoms with Crippen molar-refractivity contribution in [1.82, 2.24) is 9.97 Å². The largest absolute Gasteiger partial charge is 0.369 e. The minimum absolute atomic E-state index is 0.312. The van der Waals surface area contributed by atoms with Crippen molar-refractivity contribution in [3.8, 4) is 0 Å². The van der Waals surface area contributed by atoms with Crippen LogP contribution in [0.1, 0.15) is 61.9 Å². The maximum atomic E-state index is 6.28. The minimum atomic E-state index is -0.312. The van der Waals surface area contributed by atoms with Crippen molar-refractivity contribution in [2.75, 3.05) is 6.61 Å². The molecule has 0 saturated heterocycles. The molecule has 0 amide bonds. The van der Waals surface area contributed by atoms with Gasteiger partial charge in [0.25, 0.3) is 0 Å². The molecule has 0 spiro atoms. The first kappa shape index (κ1) is 17.5. The molecule has 0 radical (unpaired) electrons. The summed E-state index contributed by atoms with van der Waals surface area (Å²) >= 11 is 3.44. The van der Waals surface area contributed by atoms with Crippen LogP contribution >= 0.6 is 22.7 Å². The molecule has 128 valence electrons. The molecule has 3 rings (SSSR count). The van der Waals surface area contributed by atoms with Crippen molar-refractivity contribution in [2.24, 2.45) is 0 Å². The number of aromatic nitrogens is 2. The van der Waals surface area contributed by atoms with Crippen LogP contribution in [0.15, 0.2) is 29.9 Å². The molecule has 1 unspecified atom stereocenters. The SMILES string of the molecule is CC(C)c1ncc(C(C)(C)OCC(C)c2ccc3ncsc3c2)s1. The maximum Gasteiger partial charge on any atom is 0.0983 e. The highest BCUT2D eigenvalue weighted by Crippen LogP contribution is 2.33. The van der Waals surface area contributed by atoms with Gasteiger partial charge in [-0.25, -0.2) is 9.97 Å². The molecule has 0 aliphatic heterocycles. The standard InChI is InChI=1S/C19H24N2OS2/c1-12(2)18-20-9-17(24-18)19(4,5)22-10-13(3)14-6-7-15-16(8-14)23-11-21-15/h6-9,11-13H,10H2,1-5H3. The molecule has 5 heteroatoms. The van der Waals surface area contributed by atoms with E-state index in [4.69, 9.17) is 4.74 Å². The lowest BCUT2D eigenvalue weighted by Gasteiger charge is -2.26. The van der Waals surface area contributed by atoms with Crippen LogP contribution in [0.2, 0.25) is 0 Å². The van der Waals surface area contributed by atoms with E-state index in [1.165, 1.54) is 20.1 Å². The van der Waals surface area contributed by atoms with Gasteiger partial charge in [-0.05, 0) is 31.5 Å². The molecule has 2 aromatic heterocycles. The summed E-state index contributed by atoms with van der Waals surface area (Å²) in [6.07, 6.45) is 1.97. The predicted octanol–water partition coefficient (Wildman–Crippen LogP) is 5.93. The summed E-state index contributed by atoms with van der Waals surface area (Å²) in [5.41, 5.74) is 3.96. The van der Waals surface area contributed by atoms with Crippen molar-refractivity contribution in [1.29, 1.82) is 0 Å². The molecule has 3 nitrogen and oxygen atoms in total. The van der Waals surface area contributed by atoms with Crippen molar-refractivity contribution < 1.29 is 4.74 Å². The summed E-state index contributed by atoms with van der Waals surface area (Å²) in [5.74, 6) is 0.804. The molecule has 3 aromatic rings. The summed E-state index contributed by atoms with van der Waals surface area (Å²) in [6, 6.07) is 6.49. The van der Waals surface area contributed by atoms with E-state index in [-0.39, 0.29) is 5.60 Å². The first-order valence-corrected chi connectivity index (χ1v) is 9.99. The van der Waals surface area contributed by atoms with Crippen molar-refractivity contribution in [2.45, 2.75) is 52.1 Å². The van der Waals surface area contributed by atoms with E-state index in [1.54, 1.807) is 22.7 Å². The second kappa shape index (κ2) is 6.90. The molecule has 1 aromatic carbocycles. The van der Waals surface area contributed by atoms with Crippen LogP contribution in [-0.4, -0.2) is 16.6 Å². The van der Waals surface area contributed by atoms with Gasteiger partial charge in [-0.15, -0.1) is 22.7 Å². The topological polar surface area (TPSA) is 35.0 Å². The average Bonchev–Trinajstić information content (AvgIpc) is 3.21. The first-order chi connectivity index (χ1) is 11.4. The van der Waals surface area contributed by atoms with E-state index in [9.17, 15) is 0 Å². The Balaban J connectivity index is 1.68. The first-order valence-electron chi connectivity index (χ1n) is 8.30.